The average Bonchev–Trinajstić information content (AvgIpc) is 2.57. The number of anilines is 1. The number of para-hydroxylation sites is 1. The molecule has 0 aliphatic heterocycles. The van der Waals surface area contributed by atoms with Crippen LogP contribution in [0.4, 0.5) is 14.5 Å². The van der Waals surface area contributed by atoms with Gasteiger partial charge in [0.05, 0.1) is 12.1 Å². The molecule has 0 radical (unpaired) electrons. The Labute approximate surface area is 116 Å². The molecule has 1 aliphatic rings. The van der Waals surface area contributed by atoms with Crippen LogP contribution in [0.5, 0.6) is 0 Å². The summed E-state index contributed by atoms with van der Waals surface area (Å²) in [4.78, 5) is 0.536. The molecular weight excluding hydrogens is 268 g/mol. The summed E-state index contributed by atoms with van der Waals surface area (Å²) in [6.45, 7) is 0. The molecule has 2 unspecified atom stereocenters. The molecule has 2 atom stereocenters. The van der Waals surface area contributed by atoms with E-state index >= 15 is 0 Å². The van der Waals surface area contributed by atoms with Crippen LogP contribution >= 0.6 is 11.8 Å². The number of hydrogen-bond acceptors (Lipinski definition) is 3. The molecule has 19 heavy (non-hydrogen) atoms. The number of rotatable bonds is 4. The number of alkyl halides is 2. The largest absolute Gasteiger partial charge is 0.391 e. The van der Waals surface area contributed by atoms with E-state index in [2.05, 4.69) is 5.32 Å². The molecule has 0 heterocycles. The lowest BCUT2D eigenvalue weighted by molar-refractivity contribution is 0.144. The van der Waals surface area contributed by atoms with E-state index in [1.165, 1.54) is 0 Å². The van der Waals surface area contributed by atoms with Crippen LogP contribution in [0.1, 0.15) is 32.1 Å². The maximum absolute atomic E-state index is 12.5. The van der Waals surface area contributed by atoms with Gasteiger partial charge < -0.3 is 10.4 Å². The van der Waals surface area contributed by atoms with E-state index in [-0.39, 0.29) is 6.04 Å². The summed E-state index contributed by atoms with van der Waals surface area (Å²) in [6, 6.07) is 7.01. The molecule has 0 spiro atoms. The van der Waals surface area contributed by atoms with Crippen LogP contribution in [0.2, 0.25) is 0 Å². The first-order valence-electron chi connectivity index (χ1n) is 6.65. The van der Waals surface area contributed by atoms with Crippen LogP contribution in [0.25, 0.3) is 0 Å². The second-order valence-electron chi connectivity index (χ2n) is 4.83. The molecule has 1 fully saturated rings. The third-order valence-electron chi connectivity index (χ3n) is 3.42. The fourth-order valence-corrected chi connectivity index (χ4v) is 3.04. The van der Waals surface area contributed by atoms with Crippen LogP contribution in [-0.2, 0) is 0 Å². The van der Waals surface area contributed by atoms with Crippen LogP contribution in [0.3, 0.4) is 0 Å². The summed E-state index contributed by atoms with van der Waals surface area (Å²) in [7, 11) is 0. The van der Waals surface area contributed by atoms with Crippen molar-refractivity contribution in [2.45, 2.75) is 54.9 Å². The van der Waals surface area contributed by atoms with Crippen LogP contribution in [0.15, 0.2) is 29.2 Å². The minimum absolute atomic E-state index is 0.0399. The van der Waals surface area contributed by atoms with Gasteiger partial charge >= 0.3 is 0 Å². The Morgan fingerprint density at radius 3 is 2.68 bits per heavy atom. The van der Waals surface area contributed by atoms with Crippen molar-refractivity contribution in [2.24, 2.45) is 0 Å². The monoisotopic (exact) mass is 287 g/mol. The van der Waals surface area contributed by atoms with E-state index in [4.69, 9.17) is 0 Å². The van der Waals surface area contributed by atoms with Crippen molar-refractivity contribution in [1.29, 1.82) is 0 Å². The molecule has 0 bridgehead atoms. The Kier molecular flexibility index (Phi) is 5.45. The molecule has 0 aromatic heterocycles. The number of aliphatic hydroxyl groups excluding tert-OH is 1. The first-order chi connectivity index (χ1) is 9.16. The summed E-state index contributed by atoms with van der Waals surface area (Å²) in [5.74, 6) is -2.43. The van der Waals surface area contributed by atoms with Crippen LogP contribution in [0, 0.1) is 0 Å². The molecule has 1 aliphatic carbocycles. The fraction of sp³-hybridized carbons (Fsp3) is 0.571. The maximum Gasteiger partial charge on any atom is 0.288 e. The molecular formula is C14H19F2NOS. The van der Waals surface area contributed by atoms with Gasteiger partial charge in [-0.25, -0.2) is 0 Å². The quantitative estimate of drug-likeness (QED) is 0.646. The number of hydrogen-bond donors (Lipinski definition) is 2. The van der Waals surface area contributed by atoms with E-state index in [1.54, 1.807) is 18.2 Å². The number of halogens is 2. The first-order valence-corrected chi connectivity index (χ1v) is 7.53. The molecule has 0 amide bonds. The molecule has 1 aromatic carbocycles. The van der Waals surface area contributed by atoms with Crippen molar-refractivity contribution < 1.29 is 13.9 Å². The SMILES string of the molecule is OC1CCCCCC1Nc1ccccc1SC(F)F. The molecule has 2 N–H and O–H groups in total. The second kappa shape index (κ2) is 7.10. The molecule has 2 nitrogen and oxygen atoms in total. The van der Waals surface area contributed by atoms with Gasteiger partial charge in [-0.1, -0.05) is 43.2 Å². The minimum Gasteiger partial charge on any atom is -0.391 e. The van der Waals surface area contributed by atoms with Gasteiger partial charge in [0.25, 0.3) is 5.76 Å². The Bertz CT molecular complexity index is 403. The minimum atomic E-state index is -2.43. The highest BCUT2D eigenvalue weighted by Gasteiger charge is 2.22. The van der Waals surface area contributed by atoms with E-state index in [0.29, 0.717) is 22.3 Å². The summed E-state index contributed by atoms with van der Waals surface area (Å²) >= 11 is 0.543. The van der Waals surface area contributed by atoms with E-state index < -0.39 is 11.9 Å². The zero-order chi connectivity index (χ0) is 13.7. The molecule has 2 rings (SSSR count). The smallest absolute Gasteiger partial charge is 0.288 e. The summed E-state index contributed by atoms with van der Waals surface area (Å²) in [5.41, 5.74) is 0.693. The van der Waals surface area contributed by atoms with Gasteiger partial charge in [0.15, 0.2) is 0 Å². The van der Waals surface area contributed by atoms with Gasteiger partial charge in [-0.05, 0) is 25.0 Å². The van der Waals surface area contributed by atoms with Crippen molar-refractivity contribution >= 4 is 17.4 Å². The molecule has 1 aromatic rings. The van der Waals surface area contributed by atoms with Crippen LogP contribution in [-0.4, -0.2) is 23.0 Å². The predicted octanol–water partition coefficient (Wildman–Crippen LogP) is 4.11. The molecule has 106 valence electrons. The Balaban J connectivity index is 2.08. The highest BCUT2D eigenvalue weighted by Crippen LogP contribution is 2.33. The van der Waals surface area contributed by atoms with Crippen LogP contribution < -0.4 is 5.32 Å². The molecule has 1 saturated carbocycles. The van der Waals surface area contributed by atoms with E-state index in [9.17, 15) is 13.9 Å². The van der Waals surface area contributed by atoms with Gasteiger partial charge in [0, 0.05) is 10.6 Å². The normalized spacial score (nSPS) is 24.2. The lowest BCUT2D eigenvalue weighted by atomic mass is 10.1. The van der Waals surface area contributed by atoms with Gasteiger partial charge in [0.2, 0.25) is 0 Å². The highest BCUT2D eigenvalue weighted by molar-refractivity contribution is 7.99. The van der Waals surface area contributed by atoms with E-state index in [0.717, 1.165) is 32.1 Å². The van der Waals surface area contributed by atoms with E-state index in [1.807, 2.05) is 6.07 Å². The maximum atomic E-state index is 12.5. The summed E-state index contributed by atoms with van der Waals surface area (Å²) < 4.78 is 25.0. The Morgan fingerprint density at radius 1 is 1.16 bits per heavy atom. The summed E-state index contributed by atoms with van der Waals surface area (Å²) in [6.07, 6.45) is 4.50. The number of thioether (sulfide) groups is 1. The third kappa shape index (κ3) is 4.35. The van der Waals surface area contributed by atoms with Gasteiger partial charge in [-0.2, -0.15) is 8.78 Å². The van der Waals surface area contributed by atoms with Crippen molar-refractivity contribution in [1.82, 2.24) is 0 Å². The number of aliphatic hydroxyl groups is 1. The Morgan fingerprint density at radius 2 is 1.89 bits per heavy atom. The molecule has 5 heteroatoms. The number of benzene rings is 1. The van der Waals surface area contributed by atoms with Crippen molar-refractivity contribution in [2.75, 3.05) is 5.32 Å². The standard InChI is InChI=1S/C14H19F2NOS/c15-14(16)19-13-9-5-4-7-11(13)17-10-6-2-1-3-8-12(10)18/h4-5,7,9-10,12,14,17-18H,1-3,6,8H2. The zero-order valence-electron chi connectivity index (χ0n) is 10.7. The van der Waals surface area contributed by atoms with Gasteiger partial charge in [-0.15, -0.1) is 0 Å². The second-order valence-corrected chi connectivity index (χ2v) is 5.86. The lowest BCUT2D eigenvalue weighted by Gasteiger charge is -2.24. The fourth-order valence-electron chi connectivity index (χ4n) is 2.44. The Hall–Kier alpha value is -0.810. The topological polar surface area (TPSA) is 32.3 Å². The van der Waals surface area contributed by atoms with Crippen molar-refractivity contribution in [3.63, 3.8) is 0 Å². The van der Waals surface area contributed by atoms with Gasteiger partial charge in [-0.3, -0.25) is 0 Å². The van der Waals surface area contributed by atoms with Gasteiger partial charge in [0.1, 0.15) is 0 Å². The first kappa shape index (κ1) is 14.6. The molecule has 0 saturated heterocycles. The average molecular weight is 287 g/mol. The number of nitrogens with one attached hydrogen (secondary N) is 1. The van der Waals surface area contributed by atoms with Crippen molar-refractivity contribution in [3.05, 3.63) is 24.3 Å². The highest BCUT2D eigenvalue weighted by atomic mass is 32.2. The zero-order valence-corrected chi connectivity index (χ0v) is 11.5. The predicted molar refractivity (Wildman–Crippen MR) is 74.8 cm³/mol. The summed E-state index contributed by atoms with van der Waals surface area (Å²) in [5, 5.41) is 13.3. The van der Waals surface area contributed by atoms with Crippen molar-refractivity contribution in [3.8, 4) is 0 Å². The third-order valence-corrected chi connectivity index (χ3v) is 4.21. The lowest BCUT2D eigenvalue weighted by Crippen LogP contribution is -2.32.